The average Bonchev–Trinajstić information content (AvgIpc) is 2.63. The molecule has 0 aliphatic carbocycles. The predicted octanol–water partition coefficient (Wildman–Crippen LogP) is 2.06. The molecular formula is C12H11NO3. The average molecular weight is 217 g/mol. The molecule has 4 heteroatoms. The summed E-state index contributed by atoms with van der Waals surface area (Å²) in [6, 6.07) is 3.80. The fourth-order valence-corrected chi connectivity index (χ4v) is 2.00. The van der Waals surface area contributed by atoms with E-state index in [0.29, 0.717) is 18.9 Å². The first-order chi connectivity index (χ1) is 7.79. The van der Waals surface area contributed by atoms with E-state index in [0.717, 1.165) is 34.3 Å². The van der Waals surface area contributed by atoms with Gasteiger partial charge in [-0.25, -0.2) is 0 Å². The number of carbonyl (C=O) groups excluding carboxylic acids is 1. The largest absolute Gasteiger partial charge is 0.486 e. The fraction of sp³-hybridized carbons (Fsp3) is 0.250. The molecule has 0 saturated carbocycles. The number of aromatic amines is 1. The Labute approximate surface area is 92.2 Å². The maximum Gasteiger partial charge on any atom is 0.166 e. The Bertz CT molecular complexity index is 571. The van der Waals surface area contributed by atoms with Crippen molar-refractivity contribution in [3.63, 3.8) is 0 Å². The van der Waals surface area contributed by atoms with Crippen LogP contribution >= 0.6 is 0 Å². The van der Waals surface area contributed by atoms with Gasteiger partial charge in [0.15, 0.2) is 17.8 Å². The highest BCUT2D eigenvalue weighted by molar-refractivity contribution is 5.93. The van der Waals surface area contributed by atoms with E-state index in [9.17, 15) is 4.79 Å². The van der Waals surface area contributed by atoms with Crippen LogP contribution in [0.4, 0.5) is 0 Å². The van der Waals surface area contributed by atoms with Gasteiger partial charge in [0, 0.05) is 11.5 Å². The second kappa shape index (κ2) is 3.27. The number of nitrogens with one attached hydrogen (secondary N) is 1. The summed E-state index contributed by atoms with van der Waals surface area (Å²) in [5, 5.41) is 1.01. The van der Waals surface area contributed by atoms with Crippen LogP contribution in [-0.2, 0) is 0 Å². The van der Waals surface area contributed by atoms with Crippen molar-refractivity contribution in [2.24, 2.45) is 0 Å². The Hall–Kier alpha value is -1.97. The topological polar surface area (TPSA) is 51.3 Å². The van der Waals surface area contributed by atoms with E-state index in [1.54, 1.807) is 0 Å². The maximum absolute atomic E-state index is 10.8. The number of aldehydes is 1. The van der Waals surface area contributed by atoms with Crippen LogP contribution in [-0.4, -0.2) is 24.5 Å². The molecule has 0 atom stereocenters. The molecule has 1 N–H and O–H groups in total. The smallest absolute Gasteiger partial charge is 0.166 e. The van der Waals surface area contributed by atoms with E-state index in [1.165, 1.54) is 0 Å². The van der Waals surface area contributed by atoms with Crippen molar-refractivity contribution in [2.45, 2.75) is 6.92 Å². The molecule has 2 heterocycles. The molecule has 4 nitrogen and oxygen atoms in total. The van der Waals surface area contributed by atoms with E-state index in [-0.39, 0.29) is 0 Å². The highest BCUT2D eigenvalue weighted by atomic mass is 16.6. The molecule has 0 fully saturated rings. The summed E-state index contributed by atoms with van der Waals surface area (Å²) in [6.07, 6.45) is 0.829. The van der Waals surface area contributed by atoms with Gasteiger partial charge in [-0.15, -0.1) is 0 Å². The number of aryl methyl sites for hydroxylation is 1. The summed E-state index contributed by atoms with van der Waals surface area (Å²) >= 11 is 0. The van der Waals surface area contributed by atoms with Crippen molar-refractivity contribution in [1.82, 2.24) is 4.98 Å². The Morgan fingerprint density at radius 2 is 1.94 bits per heavy atom. The van der Waals surface area contributed by atoms with Crippen LogP contribution in [0.1, 0.15) is 16.1 Å². The number of benzene rings is 1. The maximum atomic E-state index is 10.8. The normalized spacial score (nSPS) is 14.1. The monoisotopic (exact) mass is 217 g/mol. The SMILES string of the molecule is Cc1c(C=O)[nH]c2cc3c(cc12)OCCO3. The molecule has 1 aliphatic rings. The Morgan fingerprint density at radius 3 is 2.62 bits per heavy atom. The lowest BCUT2D eigenvalue weighted by atomic mass is 10.1. The van der Waals surface area contributed by atoms with Crippen molar-refractivity contribution in [3.05, 3.63) is 23.4 Å². The highest BCUT2D eigenvalue weighted by Crippen LogP contribution is 2.36. The second-order valence-corrected chi connectivity index (χ2v) is 3.82. The molecule has 0 amide bonds. The summed E-state index contributed by atoms with van der Waals surface area (Å²) in [7, 11) is 0. The minimum absolute atomic E-state index is 0.568. The van der Waals surface area contributed by atoms with Gasteiger partial charge in [0.1, 0.15) is 13.2 Å². The molecule has 0 spiro atoms. The first kappa shape index (κ1) is 9.27. The third kappa shape index (κ3) is 1.19. The fourth-order valence-electron chi connectivity index (χ4n) is 2.00. The molecule has 0 radical (unpaired) electrons. The van der Waals surface area contributed by atoms with Gasteiger partial charge in [-0.2, -0.15) is 0 Å². The van der Waals surface area contributed by atoms with Crippen molar-refractivity contribution < 1.29 is 14.3 Å². The zero-order chi connectivity index (χ0) is 11.1. The minimum Gasteiger partial charge on any atom is -0.486 e. The van der Waals surface area contributed by atoms with E-state index in [4.69, 9.17) is 9.47 Å². The van der Waals surface area contributed by atoms with Crippen LogP contribution in [0.5, 0.6) is 11.5 Å². The lowest BCUT2D eigenvalue weighted by Crippen LogP contribution is -2.15. The number of aromatic nitrogens is 1. The molecule has 3 rings (SSSR count). The molecular weight excluding hydrogens is 206 g/mol. The van der Waals surface area contributed by atoms with E-state index in [1.807, 2.05) is 19.1 Å². The van der Waals surface area contributed by atoms with Crippen LogP contribution < -0.4 is 9.47 Å². The summed E-state index contributed by atoms with van der Waals surface area (Å²) in [5.41, 5.74) is 2.46. The van der Waals surface area contributed by atoms with E-state index in [2.05, 4.69) is 4.98 Å². The van der Waals surface area contributed by atoms with Crippen LogP contribution in [0.15, 0.2) is 12.1 Å². The Balaban J connectivity index is 2.29. The molecule has 16 heavy (non-hydrogen) atoms. The van der Waals surface area contributed by atoms with Gasteiger partial charge in [-0.1, -0.05) is 0 Å². The molecule has 2 aromatic rings. The third-order valence-electron chi connectivity index (χ3n) is 2.88. The van der Waals surface area contributed by atoms with Gasteiger partial charge in [-0.05, 0) is 18.6 Å². The Kier molecular flexibility index (Phi) is 1.89. The highest BCUT2D eigenvalue weighted by Gasteiger charge is 2.15. The summed E-state index contributed by atoms with van der Waals surface area (Å²) in [4.78, 5) is 13.9. The molecule has 82 valence electrons. The molecule has 1 aromatic carbocycles. The molecule has 1 aromatic heterocycles. The molecule has 0 saturated heterocycles. The summed E-state index contributed by atoms with van der Waals surface area (Å²) in [6.45, 7) is 3.06. The minimum atomic E-state index is 0.568. The molecule has 0 unspecified atom stereocenters. The van der Waals surface area contributed by atoms with Gasteiger partial charge in [0.2, 0.25) is 0 Å². The van der Waals surface area contributed by atoms with Gasteiger partial charge in [0.25, 0.3) is 0 Å². The standard InChI is InChI=1S/C12H11NO3/c1-7-8-4-11-12(16-3-2-15-11)5-9(8)13-10(7)6-14/h4-6,13H,2-3H2,1H3. The molecule has 0 bridgehead atoms. The summed E-state index contributed by atoms with van der Waals surface area (Å²) < 4.78 is 11.0. The van der Waals surface area contributed by atoms with Crippen LogP contribution in [0.3, 0.4) is 0 Å². The van der Waals surface area contributed by atoms with Gasteiger partial charge in [0.05, 0.1) is 11.2 Å². The first-order valence-corrected chi connectivity index (χ1v) is 5.16. The van der Waals surface area contributed by atoms with Gasteiger partial charge >= 0.3 is 0 Å². The van der Waals surface area contributed by atoms with Crippen LogP contribution in [0.2, 0.25) is 0 Å². The van der Waals surface area contributed by atoms with Crippen molar-refractivity contribution in [3.8, 4) is 11.5 Å². The third-order valence-corrected chi connectivity index (χ3v) is 2.88. The number of H-pyrrole nitrogens is 1. The lowest BCUT2D eigenvalue weighted by Gasteiger charge is -2.18. The zero-order valence-electron chi connectivity index (χ0n) is 8.87. The number of ether oxygens (including phenoxy) is 2. The lowest BCUT2D eigenvalue weighted by molar-refractivity contribution is 0.111. The predicted molar refractivity (Wildman–Crippen MR) is 59.4 cm³/mol. The van der Waals surface area contributed by atoms with Crippen LogP contribution in [0.25, 0.3) is 10.9 Å². The number of rotatable bonds is 1. The van der Waals surface area contributed by atoms with Gasteiger partial charge < -0.3 is 14.5 Å². The summed E-state index contributed by atoms with van der Waals surface area (Å²) in [5.74, 6) is 1.48. The van der Waals surface area contributed by atoms with Crippen LogP contribution in [0, 0.1) is 6.92 Å². The van der Waals surface area contributed by atoms with Crippen molar-refractivity contribution in [2.75, 3.05) is 13.2 Å². The number of hydrogen-bond acceptors (Lipinski definition) is 3. The number of hydrogen-bond donors (Lipinski definition) is 1. The number of fused-ring (bicyclic) bond motifs is 2. The van der Waals surface area contributed by atoms with E-state index >= 15 is 0 Å². The number of carbonyl (C=O) groups is 1. The first-order valence-electron chi connectivity index (χ1n) is 5.16. The van der Waals surface area contributed by atoms with E-state index < -0.39 is 0 Å². The molecule has 1 aliphatic heterocycles. The zero-order valence-corrected chi connectivity index (χ0v) is 8.87. The quantitative estimate of drug-likeness (QED) is 0.744. The van der Waals surface area contributed by atoms with Gasteiger partial charge in [-0.3, -0.25) is 4.79 Å². The van der Waals surface area contributed by atoms with Crippen molar-refractivity contribution in [1.29, 1.82) is 0 Å². The van der Waals surface area contributed by atoms with Crippen molar-refractivity contribution >= 4 is 17.2 Å². The second-order valence-electron chi connectivity index (χ2n) is 3.82. The Morgan fingerprint density at radius 1 is 1.25 bits per heavy atom.